The van der Waals surface area contributed by atoms with Crippen LogP contribution in [0.25, 0.3) is 0 Å². The predicted octanol–water partition coefficient (Wildman–Crippen LogP) is 4.09. The molecule has 0 amide bonds. The molecule has 98 valence electrons. The van der Waals surface area contributed by atoms with E-state index in [9.17, 15) is 0 Å². The van der Waals surface area contributed by atoms with Gasteiger partial charge in [-0.1, -0.05) is 37.0 Å². The van der Waals surface area contributed by atoms with E-state index in [4.69, 9.17) is 27.9 Å². The normalized spacial score (nSPS) is 26.4. The van der Waals surface area contributed by atoms with Crippen molar-refractivity contribution in [3.8, 4) is 0 Å². The molecule has 0 aromatic heterocycles. The lowest BCUT2D eigenvalue weighted by Crippen LogP contribution is -2.36. The molecule has 0 aliphatic carbocycles. The van der Waals surface area contributed by atoms with Crippen LogP contribution in [0, 0.1) is 0 Å². The van der Waals surface area contributed by atoms with Crippen molar-refractivity contribution in [3.63, 3.8) is 0 Å². The van der Waals surface area contributed by atoms with Crippen molar-refractivity contribution >= 4 is 28.9 Å². The molecule has 3 rings (SSSR count). The zero-order chi connectivity index (χ0) is 12.9. The molecule has 2 heterocycles. The summed E-state index contributed by atoms with van der Waals surface area (Å²) >= 11 is 12.7. The Morgan fingerprint density at radius 2 is 1.94 bits per heavy atom. The lowest BCUT2D eigenvalue weighted by molar-refractivity contribution is 0.0991. The van der Waals surface area contributed by atoms with Crippen LogP contribution >= 0.6 is 23.2 Å². The number of anilines is 1. The monoisotopic (exact) mass is 285 g/mol. The fourth-order valence-electron chi connectivity index (χ4n) is 3.00. The van der Waals surface area contributed by atoms with Crippen molar-refractivity contribution in [2.24, 2.45) is 0 Å². The first-order valence-electron chi connectivity index (χ1n) is 6.43. The Kier molecular flexibility index (Phi) is 3.21. The largest absolute Gasteiger partial charge is 0.374 e. The first-order chi connectivity index (χ1) is 8.56. The molecular formula is C14H17Cl2NO. The smallest absolute Gasteiger partial charge is 0.0771 e. The van der Waals surface area contributed by atoms with Crippen LogP contribution in [0.5, 0.6) is 0 Å². The Hall–Kier alpha value is -0.440. The van der Waals surface area contributed by atoms with Gasteiger partial charge in [-0.3, -0.25) is 0 Å². The van der Waals surface area contributed by atoms with E-state index in [2.05, 4.69) is 18.7 Å². The maximum absolute atomic E-state index is 6.37. The number of fused-ring (bicyclic) bond motifs is 2. The number of nitrogens with zero attached hydrogens (tertiary/aromatic N) is 1. The highest BCUT2D eigenvalue weighted by Crippen LogP contribution is 2.39. The van der Waals surface area contributed by atoms with E-state index >= 15 is 0 Å². The first-order valence-corrected chi connectivity index (χ1v) is 7.19. The summed E-state index contributed by atoms with van der Waals surface area (Å²) in [6.45, 7) is 6.00. The predicted molar refractivity (Wildman–Crippen MR) is 76.0 cm³/mol. The first kappa shape index (κ1) is 12.6. The van der Waals surface area contributed by atoms with Gasteiger partial charge in [0.1, 0.15) is 0 Å². The highest BCUT2D eigenvalue weighted by molar-refractivity contribution is 6.36. The van der Waals surface area contributed by atoms with Crippen LogP contribution in [0.4, 0.5) is 5.69 Å². The van der Waals surface area contributed by atoms with Gasteiger partial charge in [0.15, 0.2) is 0 Å². The topological polar surface area (TPSA) is 12.5 Å². The van der Waals surface area contributed by atoms with Crippen LogP contribution in [-0.4, -0.2) is 25.3 Å². The summed E-state index contributed by atoms with van der Waals surface area (Å²) in [4.78, 5) is 2.37. The molecule has 2 saturated heterocycles. The van der Waals surface area contributed by atoms with Crippen LogP contribution in [0.2, 0.25) is 10.0 Å². The molecule has 0 spiro atoms. The van der Waals surface area contributed by atoms with Gasteiger partial charge in [0.2, 0.25) is 0 Å². The number of halogens is 2. The Labute approximate surface area is 118 Å². The zero-order valence-corrected chi connectivity index (χ0v) is 12.1. The van der Waals surface area contributed by atoms with Gasteiger partial charge in [-0.2, -0.15) is 0 Å². The van der Waals surface area contributed by atoms with Gasteiger partial charge in [0, 0.05) is 22.3 Å². The fraction of sp³-hybridized carbons (Fsp3) is 0.571. The van der Waals surface area contributed by atoms with E-state index in [0.29, 0.717) is 18.1 Å². The molecular weight excluding hydrogens is 269 g/mol. The molecule has 0 saturated carbocycles. The molecule has 4 heteroatoms. The molecule has 2 fully saturated rings. The number of benzene rings is 1. The van der Waals surface area contributed by atoms with Crippen LogP contribution in [0.3, 0.4) is 0 Å². The van der Waals surface area contributed by atoms with Crippen molar-refractivity contribution in [2.75, 3.05) is 18.1 Å². The molecule has 0 radical (unpaired) electrons. The lowest BCUT2D eigenvalue weighted by atomic mass is 10.0. The van der Waals surface area contributed by atoms with Crippen molar-refractivity contribution in [3.05, 3.63) is 27.7 Å². The Bertz CT molecular complexity index is 452. The summed E-state index contributed by atoms with van der Waals surface area (Å²) in [6, 6.07) is 4.58. The number of morpholine rings is 1. The van der Waals surface area contributed by atoms with Crippen molar-refractivity contribution in [1.82, 2.24) is 0 Å². The third-order valence-electron chi connectivity index (χ3n) is 3.87. The van der Waals surface area contributed by atoms with Crippen LogP contribution in [-0.2, 0) is 4.74 Å². The van der Waals surface area contributed by atoms with Gasteiger partial charge in [0.05, 0.1) is 18.8 Å². The molecule has 2 bridgehead atoms. The standard InChI is InChI=1S/C14H17Cl2NO/c1-8(2)14-12(15)4-9(5-13(14)16)17-6-11-3-10(17)7-18-11/h4-5,8,10-11H,3,6-7H2,1-2H3. The molecule has 2 aliphatic heterocycles. The van der Waals surface area contributed by atoms with Gasteiger partial charge >= 0.3 is 0 Å². The third kappa shape index (κ3) is 2.01. The summed E-state index contributed by atoms with van der Waals surface area (Å²) < 4.78 is 5.62. The molecule has 1 aromatic carbocycles. The second-order valence-electron chi connectivity index (χ2n) is 5.48. The second-order valence-corrected chi connectivity index (χ2v) is 6.29. The van der Waals surface area contributed by atoms with Gasteiger partial charge < -0.3 is 9.64 Å². The van der Waals surface area contributed by atoms with E-state index < -0.39 is 0 Å². The van der Waals surface area contributed by atoms with Crippen LogP contribution in [0.15, 0.2) is 12.1 Å². The van der Waals surface area contributed by atoms with E-state index in [1.54, 1.807) is 0 Å². The average Bonchev–Trinajstić information content (AvgIpc) is 2.88. The Morgan fingerprint density at radius 3 is 2.39 bits per heavy atom. The van der Waals surface area contributed by atoms with Crippen LogP contribution in [0.1, 0.15) is 31.7 Å². The maximum Gasteiger partial charge on any atom is 0.0771 e. The zero-order valence-electron chi connectivity index (χ0n) is 10.6. The molecule has 2 unspecified atom stereocenters. The summed E-state index contributed by atoms with van der Waals surface area (Å²) in [7, 11) is 0. The minimum absolute atomic E-state index is 0.345. The van der Waals surface area contributed by atoms with Crippen molar-refractivity contribution in [2.45, 2.75) is 38.3 Å². The minimum Gasteiger partial charge on any atom is -0.374 e. The van der Waals surface area contributed by atoms with Gasteiger partial charge in [-0.05, 0) is 30.0 Å². The number of hydrogen-bond donors (Lipinski definition) is 0. The molecule has 1 aromatic rings. The van der Waals surface area contributed by atoms with Crippen molar-refractivity contribution in [1.29, 1.82) is 0 Å². The molecule has 18 heavy (non-hydrogen) atoms. The summed E-state index contributed by atoms with van der Waals surface area (Å²) in [5.74, 6) is 0.345. The van der Waals surface area contributed by atoms with Gasteiger partial charge in [0.25, 0.3) is 0 Å². The van der Waals surface area contributed by atoms with Crippen molar-refractivity contribution < 1.29 is 4.74 Å². The minimum atomic E-state index is 0.345. The van der Waals surface area contributed by atoms with E-state index in [0.717, 1.165) is 40.9 Å². The Morgan fingerprint density at radius 1 is 1.28 bits per heavy atom. The molecule has 0 N–H and O–H groups in total. The number of rotatable bonds is 2. The van der Waals surface area contributed by atoms with E-state index in [1.807, 2.05) is 12.1 Å². The molecule has 2 aliphatic rings. The number of ether oxygens (including phenoxy) is 1. The second kappa shape index (κ2) is 4.59. The van der Waals surface area contributed by atoms with Crippen LogP contribution < -0.4 is 4.90 Å². The molecule has 2 nitrogen and oxygen atoms in total. The lowest BCUT2D eigenvalue weighted by Gasteiger charge is -2.30. The highest BCUT2D eigenvalue weighted by atomic mass is 35.5. The molecule has 2 atom stereocenters. The van der Waals surface area contributed by atoms with Gasteiger partial charge in [-0.15, -0.1) is 0 Å². The van der Waals surface area contributed by atoms with E-state index in [1.165, 1.54) is 0 Å². The quantitative estimate of drug-likeness (QED) is 0.811. The Balaban J connectivity index is 1.95. The maximum atomic E-state index is 6.37. The fourth-order valence-corrected chi connectivity index (χ4v) is 3.92. The third-order valence-corrected chi connectivity index (χ3v) is 4.50. The SMILES string of the molecule is CC(C)c1c(Cl)cc(N2CC3CC2CO3)cc1Cl. The highest BCUT2D eigenvalue weighted by Gasteiger charge is 2.39. The summed E-state index contributed by atoms with van der Waals surface area (Å²) in [5, 5.41) is 1.55. The summed E-state index contributed by atoms with van der Waals surface area (Å²) in [6.07, 6.45) is 1.51. The average molecular weight is 286 g/mol. The van der Waals surface area contributed by atoms with E-state index in [-0.39, 0.29) is 0 Å². The van der Waals surface area contributed by atoms with Gasteiger partial charge in [-0.25, -0.2) is 0 Å². The summed E-state index contributed by atoms with van der Waals surface area (Å²) in [5.41, 5.74) is 2.17. The number of hydrogen-bond acceptors (Lipinski definition) is 2.